The van der Waals surface area contributed by atoms with E-state index in [0.29, 0.717) is 16.8 Å². The van der Waals surface area contributed by atoms with Crippen molar-refractivity contribution in [2.45, 2.75) is 0 Å². The lowest BCUT2D eigenvalue weighted by Crippen LogP contribution is -1.98. The van der Waals surface area contributed by atoms with Crippen LogP contribution in [0.3, 0.4) is 0 Å². The lowest BCUT2D eigenvalue weighted by molar-refractivity contribution is 0.103. The molecular formula is C13H9BrN2O2S. The summed E-state index contributed by atoms with van der Waals surface area (Å²) in [7, 11) is 0. The summed E-state index contributed by atoms with van der Waals surface area (Å²) in [6, 6.07) is 10.6. The van der Waals surface area contributed by atoms with Crippen LogP contribution < -0.4 is 0 Å². The molecule has 0 unspecified atom stereocenters. The van der Waals surface area contributed by atoms with E-state index in [9.17, 15) is 4.79 Å². The number of thiophene rings is 1. The molecule has 0 bridgehead atoms. The van der Waals surface area contributed by atoms with Crippen LogP contribution >= 0.6 is 27.3 Å². The second-order valence-electron chi connectivity index (χ2n) is 3.50. The third-order valence-corrected chi connectivity index (χ3v) is 3.60. The average Bonchev–Trinajstić information content (AvgIpc) is 2.95. The van der Waals surface area contributed by atoms with E-state index in [0.717, 1.165) is 4.47 Å². The first-order chi connectivity index (χ1) is 9.20. The largest absolute Gasteiger partial charge is 0.513 e. The van der Waals surface area contributed by atoms with Crippen molar-refractivity contribution in [3.05, 3.63) is 63.1 Å². The van der Waals surface area contributed by atoms with Gasteiger partial charge in [0.2, 0.25) is 5.78 Å². The summed E-state index contributed by atoms with van der Waals surface area (Å²) in [4.78, 5) is 12.4. The summed E-state index contributed by atoms with van der Waals surface area (Å²) < 4.78 is 0.930. The molecule has 6 heteroatoms. The fourth-order valence-corrected chi connectivity index (χ4v) is 2.22. The third kappa shape index (κ3) is 3.59. The van der Waals surface area contributed by atoms with Gasteiger partial charge in [0.1, 0.15) is 6.26 Å². The molecule has 0 saturated carbocycles. The standard InChI is InChI=1S/C13H9BrN2O2S/c14-9-3-5-10(6-4-9)15-16-11(8-17)13(18)12-2-1-7-19-12/h1-8,17H/b11-8-,16-15?. The molecule has 0 aliphatic rings. The molecule has 0 saturated heterocycles. The topological polar surface area (TPSA) is 62.0 Å². The summed E-state index contributed by atoms with van der Waals surface area (Å²) in [6.45, 7) is 0. The fraction of sp³-hybridized carbons (Fsp3) is 0. The van der Waals surface area contributed by atoms with Gasteiger partial charge in [0, 0.05) is 4.47 Å². The van der Waals surface area contributed by atoms with E-state index < -0.39 is 0 Å². The molecule has 0 atom stereocenters. The Balaban J connectivity index is 2.16. The van der Waals surface area contributed by atoms with Crippen molar-refractivity contribution in [3.8, 4) is 0 Å². The molecule has 96 valence electrons. The van der Waals surface area contributed by atoms with Crippen LogP contribution in [-0.2, 0) is 0 Å². The van der Waals surface area contributed by atoms with Gasteiger partial charge in [-0.3, -0.25) is 4.79 Å². The number of rotatable bonds is 4. The molecule has 0 radical (unpaired) electrons. The number of nitrogens with zero attached hydrogens (tertiary/aromatic N) is 2. The molecule has 0 amide bonds. The number of benzene rings is 1. The number of Topliss-reactive ketones (excluding diaryl/α,β-unsaturated/α-hetero) is 1. The van der Waals surface area contributed by atoms with Crippen molar-refractivity contribution < 1.29 is 9.90 Å². The maximum atomic E-state index is 11.9. The van der Waals surface area contributed by atoms with Gasteiger partial charge >= 0.3 is 0 Å². The molecule has 0 aliphatic heterocycles. The summed E-state index contributed by atoms with van der Waals surface area (Å²) in [5.74, 6) is -0.349. The van der Waals surface area contributed by atoms with Crippen molar-refractivity contribution in [1.29, 1.82) is 0 Å². The maximum Gasteiger partial charge on any atom is 0.226 e. The van der Waals surface area contributed by atoms with Crippen molar-refractivity contribution in [2.75, 3.05) is 0 Å². The number of ketones is 1. The van der Waals surface area contributed by atoms with Crippen molar-refractivity contribution in [1.82, 2.24) is 0 Å². The lowest BCUT2D eigenvalue weighted by Gasteiger charge is -1.96. The van der Waals surface area contributed by atoms with Crippen molar-refractivity contribution in [3.63, 3.8) is 0 Å². The van der Waals surface area contributed by atoms with E-state index in [1.165, 1.54) is 11.3 Å². The second kappa shape index (κ2) is 6.40. The van der Waals surface area contributed by atoms with Gasteiger partial charge in [-0.1, -0.05) is 22.0 Å². The molecule has 1 aromatic carbocycles. The number of carbonyl (C=O) groups excluding carboxylic acids is 1. The number of allylic oxidation sites excluding steroid dienone is 1. The van der Waals surface area contributed by atoms with Gasteiger partial charge in [0.15, 0.2) is 5.70 Å². The van der Waals surface area contributed by atoms with E-state index in [-0.39, 0.29) is 11.5 Å². The number of hydrogen-bond donors (Lipinski definition) is 1. The predicted octanol–water partition coefficient (Wildman–Crippen LogP) is 4.88. The molecule has 2 aromatic rings. The fourth-order valence-electron chi connectivity index (χ4n) is 1.28. The first-order valence-corrected chi connectivity index (χ1v) is 6.98. The molecule has 19 heavy (non-hydrogen) atoms. The van der Waals surface area contributed by atoms with Crippen LogP contribution in [0.4, 0.5) is 5.69 Å². The van der Waals surface area contributed by atoms with Gasteiger partial charge < -0.3 is 5.11 Å². The Morgan fingerprint density at radius 1 is 1.26 bits per heavy atom. The Hall–Kier alpha value is -1.79. The quantitative estimate of drug-likeness (QED) is 0.374. The lowest BCUT2D eigenvalue weighted by atomic mass is 10.2. The van der Waals surface area contributed by atoms with Gasteiger partial charge in [-0.2, -0.15) is 5.11 Å². The highest BCUT2D eigenvalue weighted by atomic mass is 79.9. The van der Waals surface area contributed by atoms with Crippen LogP contribution in [0, 0.1) is 0 Å². The van der Waals surface area contributed by atoms with Crippen LogP contribution in [-0.4, -0.2) is 10.9 Å². The van der Waals surface area contributed by atoms with E-state index in [1.54, 1.807) is 29.6 Å². The molecule has 1 N–H and O–H groups in total. The zero-order chi connectivity index (χ0) is 13.7. The van der Waals surface area contributed by atoms with Crippen LogP contribution in [0.25, 0.3) is 0 Å². The number of carbonyl (C=O) groups is 1. The minimum Gasteiger partial charge on any atom is -0.513 e. The molecule has 1 heterocycles. The molecule has 0 spiro atoms. The molecule has 1 aromatic heterocycles. The highest BCUT2D eigenvalue weighted by Gasteiger charge is 2.13. The van der Waals surface area contributed by atoms with Crippen molar-refractivity contribution in [2.24, 2.45) is 10.2 Å². The van der Waals surface area contributed by atoms with E-state index >= 15 is 0 Å². The Bertz CT molecular complexity index is 619. The number of halogens is 1. The van der Waals surface area contributed by atoms with Gasteiger partial charge in [0.25, 0.3) is 0 Å². The van der Waals surface area contributed by atoms with Crippen LogP contribution in [0.15, 0.2) is 68.4 Å². The molecular weight excluding hydrogens is 328 g/mol. The monoisotopic (exact) mass is 336 g/mol. The normalized spacial score (nSPS) is 11.9. The number of azo groups is 1. The highest BCUT2D eigenvalue weighted by molar-refractivity contribution is 9.10. The van der Waals surface area contributed by atoms with E-state index in [4.69, 9.17) is 5.11 Å². The minimum atomic E-state index is -0.349. The molecule has 2 rings (SSSR count). The van der Waals surface area contributed by atoms with Crippen LogP contribution in [0.1, 0.15) is 9.67 Å². The third-order valence-electron chi connectivity index (χ3n) is 2.20. The number of aliphatic hydroxyl groups is 1. The van der Waals surface area contributed by atoms with Gasteiger partial charge in [-0.15, -0.1) is 16.5 Å². The molecule has 0 aliphatic carbocycles. The Kier molecular flexibility index (Phi) is 4.59. The Morgan fingerprint density at radius 2 is 2.00 bits per heavy atom. The highest BCUT2D eigenvalue weighted by Crippen LogP contribution is 2.20. The second-order valence-corrected chi connectivity index (χ2v) is 5.36. The Labute approximate surface area is 122 Å². The first kappa shape index (κ1) is 13.6. The first-order valence-electron chi connectivity index (χ1n) is 5.30. The minimum absolute atomic E-state index is 0.0923. The zero-order valence-corrected chi connectivity index (χ0v) is 12.1. The average molecular weight is 337 g/mol. The summed E-state index contributed by atoms with van der Waals surface area (Å²) in [5.41, 5.74) is 0.506. The number of hydrogen-bond acceptors (Lipinski definition) is 5. The Morgan fingerprint density at radius 3 is 2.58 bits per heavy atom. The van der Waals surface area contributed by atoms with Gasteiger partial charge in [0.05, 0.1) is 10.6 Å². The maximum absolute atomic E-state index is 11.9. The predicted molar refractivity (Wildman–Crippen MR) is 78.0 cm³/mol. The van der Waals surface area contributed by atoms with Gasteiger partial charge in [-0.05, 0) is 35.7 Å². The van der Waals surface area contributed by atoms with Crippen LogP contribution in [0.2, 0.25) is 0 Å². The van der Waals surface area contributed by atoms with E-state index in [1.807, 2.05) is 12.1 Å². The van der Waals surface area contributed by atoms with Gasteiger partial charge in [-0.25, -0.2) is 0 Å². The van der Waals surface area contributed by atoms with Crippen LogP contribution in [0.5, 0.6) is 0 Å². The molecule has 0 fully saturated rings. The summed E-state index contributed by atoms with van der Waals surface area (Å²) in [6.07, 6.45) is 0.671. The summed E-state index contributed by atoms with van der Waals surface area (Å²) >= 11 is 4.60. The molecule has 4 nitrogen and oxygen atoms in total. The number of aliphatic hydroxyl groups excluding tert-OH is 1. The van der Waals surface area contributed by atoms with E-state index in [2.05, 4.69) is 26.2 Å². The smallest absolute Gasteiger partial charge is 0.226 e. The van der Waals surface area contributed by atoms with Crippen molar-refractivity contribution >= 4 is 38.7 Å². The SMILES string of the molecule is O=C(/C(=C/O)N=Nc1ccc(Br)cc1)c1cccs1. The zero-order valence-electron chi connectivity index (χ0n) is 9.65. The summed E-state index contributed by atoms with van der Waals surface area (Å²) in [5, 5.41) is 18.5.